The van der Waals surface area contributed by atoms with Crippen LogP contribution in [0.15, 0.2) is 5.38 Å². The summed E-state index contributed by atoms with van der Waals surface area (Å²) in [5.74, 6) is 0.574. The van der Waals surface area contributed by atoms with E-state index in [-0.39, 0.29) is 0 Å². The van der Waals surface area contributed by atoms with E-state index in [4.69, 9.17) is 0 Å². The van der Waals surface area contributed by atoms with E-state index in [9.17, 15) is 0 Å². The van der Waals surface area contributed by atoms with Crippen LogP contribution in [0.1, 0.15) is 43.3 Å². The Kier molecular flexibility index (Phi) is 3.19. The van der Waals surface area contributed by atoms with Crippen molar-refractivity contribution in [1.82, 2.24) is 10.3 Å². The maximum atomic E-state index is 4.65. The number of nitrogens with one attached hydrogen (secondary N) is 1. The Balaban J connectivity index is 1.95. The van der Waals surface area contributed by atoms with Crippen molar-refractivity contribution in [3.63, 3.8) is 0 Å². The van der Waals surface area contributed by atoms with E-state index in [1.165, 1.54) is 30.1 Å². The lowest BCUT2D eigenvalue weighted by Gasteiger charge is -2.06. The lowest BCUT2D eigenvalue weighted by Crippen LogP contribution is -2.23. The summed E-state index contributed by atoms with van der Waals surface area (Å²) in [5, 5.41) is 7.00. The van der Waals surface area contributed by atoms with Gasteiger partial charge in [-0.15, -0.1) is 11.3 Å². The lowest BCUT2D eigenvalue weighted by molar-refractivity contribution is 0.595. The molecule has 2 heterocycles. The average Bonchev–Trinajstić information content (AvgIpc) is 2.75. The molecule has 1 aromatic heterocycles. The van der Waals surface area contributed by atoms with Crippen LogP contribution in [-0.2, 0) is 6.42 Å². The minimum Gasteiger partial charge on any atom is -0.314 e. The van der Waals surface area contributed by atoms with Crippen LogP contribution in [0.5, 0.6) is 0 Å². The molecule has 0 saturated carbocycles. The Morgan fingerprint density at radius 1 is 1.64 bits per heavy atom. The molecule has 1 saturated heterocycles. The second kappa shape index (κ2) is 4.41. The minimum absolute atomic E-state index is 0.574. The molecule has 78 valence electrons. The predicted octanol–water partition coefficient (Wildman–Crippen LogP) is 2.56. The zero-order valence-corrected chi connectivity index (χ0v) is 9.73. The molecule has 2 rings (SSSR count). The van der Waals surface area contributed by atoms with Crippen molar-refractivity contribution in [2.75, 3.05) is 6.54 Å². The predicted molar refractivity (Wildman–Crippen MR) is 60.9 cm³/mol. The SMILES string of the molecule is CC(C)c1nc(CC2CCCN2)cs1. The fourth-order valence-electron chi connectivity index (χ4n) is 1.86. The van der Waals surface area contributed by atoms with E-state index < -0.39 is 0 Å². The van der Waals surface area contributed by atoms with E-state index in [2.05, 4.69) is 29.5 Å². The largest absolute Gasteiger partial charge is 0.314 e. The van der Waals surface area contributed by atoms with E-state index in [0.717, 1.165) is 6.42 Å². The van der Waals surface area contributed by atoms with Gasteiger partial charge in [0.25, 0.3) is 0 Å². The second-order valence-electron chi connectivity index (χ2n) is 4.33. The van der Waals surface area contributed by atoms with E-state index in [0.29, 0.717) is 12.0 Å². The van der Waals surface area contributed by atoms with Gasteiger partial charge in [-0.1, -0.05) is 13.8 Å². The highest BCUT2D eigenvalue weighted by Gasteiger charge is 2.16. The first kappa shape index (κ1) is 10.1. The van der Waals surface area contributed by atoms with Crippen LogP contribution in [0.3, 0.4) is 0 Å². The maximum Gasteiger partial charge on any atom is 0.0953 e. The summed E-state index contributed by atoms with van der Waals surface area (Å²) >= 11 is 1.80. The molecule has 1 fully saturated rings. The fourth-order valence-corrected chi connectivity index (χ4v) is 2.71. The topological polar surface area (TPSA) is 24.9 Å². The first-order valence-electron chi connectivity index (χ1n) is 5.43. The van der Waals surface area contributed by atoms with Crippen LogP contribution >= 0.6 is 11.3 Å². The lowest BCUT2D eigenvalue weighted by atomic mass is 10.1. The molecule has 1 aliphatic heterocycles. The Morgan fingerprint density at radius 2 is 2.50 bits per heavy atom. The molecule has 1 atom stereocenters. The summed E-state index contributed by atoms with van der Waals surface area (Å²) in [6.45, 7) is 5.60. The number of thiazole rings is 1. The van der Waals surface area contributed by atoms with Crippen molar-refractivity contribution in [3.05, 3.63) is 16.1 Å². The third kappa shape index (κ3) is 2.34. The number of aromatic nitrogens is 1. The van der Waals surface area contributed by atoms with Crippen LogP contribution < -0.4 is 5.32 Å². The molecule has 0 spiro atoms. The number of rotatable bonds is 3. The zero-order chi connectivity index (χ0) is 9.97. The summed E-state index contributed by atoms with van der Waals surface area (Å²) in [4.78, 5) is 4.65. The third-order valence-corrected chi connectivity index (χ3v) is 3.88. The molecular formula is C11H18N2S. The van der Waals surface area contributed by atoms with Gasteiger partial charge >= 0.3 is 0 Å². The van der Waals surface area contributed by atoms with Gasteiger partial charge in [0, 0.05) is 23.8 Å². The highest BCUT2D eigenvalue weighted by Crippen LogP contribution is 2.21. The van der Waals surface area contributed by atoms with Crippen molar-refractivity contribution < 1.29 is 0 Å². The van der Waals surface area contributed by atoms with Crippen LogP contribution in [0.25, 0.3) is 0 Å². The van der Waals surface area contributed by atoms with Gasteiger partial charge in [-0.05, 0) is 19.4 Å². The van der Waals surface area contributed by atoms with Gasteiger partial charge in [0.1, 0.15) is 0 Å². The normalized spacial score (nSPS) is 22.1. The van der Waals surface area contributed by atoms with Crippen molar-refractivity contribution in [1.29, 1.82) is 0 Å². The van der Waals surface area contributed by atoms with Gasteiger partial charge in [0.2, 0.25) is 0 Å². The van der Waals surface area contributed by atoms with Gasteiger partial charge in [-0.2, -0.15) is 0 Å². The van der Waals surface area contributed by atoms with Crippen LogP contribution in [-0.4, -0.2) is 17.6 Å². The summed E-state index contributed by atoms with van der Waals surface area (Å²) in [5.41, 5.74) is 1.28. The van der Waals surface area contributed by atoms with E-state index in [1.54, 1.807) is 11.3 Å². The highest BCUT2D eigenvalue weighted by atomic mass is 32.1. The molecule has 0 aromatic carbocycles. The Labute approximate surface area is 89.8 Å². The molecule has 0 bridgehead atoms. The number of nitrogens with zero attached hydrogens (tertiary/aromatic N) is 1. The average molecular weight is 210 g/mol. The monoisotopic (exact) mass is 210 g/mol. The Bertz CT molecular complexity index is 287. The van der Waals surface area contributed by atoms with Crippen molar-refractivity contribution in [2.24, 2.45) is 0 Å². The molecular weight excluding hydrogens is 192 g/mol. The first-order chi connectivity index (χ1) is 6.75. The Hall–Kier alpha value is -0.410. The quantitative estimate of drug-likeness (QED) is 0.829. The summed E-state index contributed by atoms with van der Waals surface area (Å²) < 4.78 is 0. The molecule has 1 unspecified atom stereocenters. The smallest absolute Gasteiger partial charge is 0.0953 e. The summed E-state index contributed by atoms with van der Waals surface area (Å²) in [6, 6.07) is 0.678. The van der Waals surface area contributed by atoms with Crippen LogP contribution in [0.2, 0.25) is 0 Å². The number of hydrogen-bond acceptors (Lipinski definition) is 3. The summed E-state index contributed by atoms with van der Waals surface area (Å²) in [6.07, 6.45) is 3.75. The van der Waals surface area contributed by atoms with Gasteiger partial charge in [0.05, 0.1) is 10.7 Å². The van der Waals surface area contributed by atoms with Crippen molar-refractivity contribution in [2.45, 2.75) is 45.1 Å². The molecule has 14 heavy (non-hydrogen) atoms. The first-order valence-corrected chi connectivity index (χ1v) is 6.31. The van der Waals surface area contributed by atoms with Crippen molar-refractivity contribution in [3.8, 4) is 0 Å². The van der Waals surface area contributed by atoms with Gasteiger partial charge in [-0.25, -0.2) is 4.98 Å². The van der Waals surface area contributed by atoms with Gasteiger partial charge in [0.15, 0.2) is 0 Å². The van der Waals surface area contributed by atoms with Crippen molar-refractivity contribution >= 4 is 11.3 Å². The molecule has 2 nitrogen and oxygen atoms in total. The van der Waals surface area contributed by atoms with E-state index >= 15 is 0 Å². The standard InChI is InChI=1S/C11H18N2S/c1-8(2)11-13-10(7-14-11)6-9-4-3-5-12-9/h7-9,12H,3-6H2,1-2H3. The van der Waals surface area contributed by atoms with Gasteiger partial charge < -0.3 is 5.32 Å². The second-order valence-corrected chi connectivity index (χ2v) is 5.22. The highest BCUT2D eigenvalue weighted by molar-refractivity contribution is 7.09. The molecule has 3 heteroatoms. The molecule has 1 aliphatic rings. The zero-order valence-electron chi connectivity index (χ0n) is 8.92. The number of hydrogen-bond donors (Lipinski definition) is 1. The van der Waals surface area contributed by atoms with Crippen LogP contribution in [0, 0.1) is 0 Å². The molecule has 0 radical (unpaired) electrons. The summed E-state index contributed by atoms with van der Waals surface area (Å²) in [7, 11) is 0. The molecule has 0 amide bonds. The molecule has 1 aromatic rings. The van der Waals surface area contributed by atoms with Gasteiger partial charge in [-0.3, -0.25) is 0 Å². The Morgan fingerprint density at radius 3 is 3.07 bits per heavy atom. The molecule has 0 aliphatic carbocycles. The van der Waals surface area contributed by atoms with E-state index in [1.807, 2.05) is 0 Å². The van der Waals surface area contributed by atoms with Crippen LogP contribution in [0.4, 0.5) is 0 Å². The molecule has 1 N–H and O–H groups in total. The third-order valence-electron chi connectivity index (χ3n) is 2.68. The fraction of sp³-hybridized carbons (Fsp3) is 0.727. The maximum absolute atomic E-state index is 4.65. The minimum atomic E-state index is 0.574.